The Hall–Kier alpha value is -3.36. The molecule has 0 aliphatic carbocycles. The number of anilines is 1. The van der Waals surface area contributed by atoms with Gasteiger partial charge in [0, 0.05) is 18.8 Å². The summed E-state index contributed by atoms with van der Waals surface area (Å²) >= 11 is 0. The number of amides is 1. The summed E-state index contributed by atoms with van der Waals surface area (Å²) < 4.78 is 17.5. The predicted molar refractivity (Wildman–Crippen MR) is 77.0 cm³/mol. The average Bonchev–Trinajstić information content (AvgIpc) is 3.26. The van der Waals surface area contributed by atoms with E-state index in [1.54, 1.807) is 42.2 Å². The van der Waals surface area contributed by atoms with Crippen molar-refractivity contribution in [3.8, 4) is 23.1 Å². The molecular formula is C14H11N5O4. The second-order valence-electron chi connectivity index (χ2n) is 4.77. The molecule has 1 aliphatic rings. The number of rotatable bonds is 3. The maximum atomic E-state index is 12.2. The number of ether oxygens (including phenoxy) is 2. The number of carbonyl (C=O) groups is 1. The number of benzene rings is 1. The molecule has 4 rings (SSSR count). The van der Waals surface area contributed by atoms with Crippen LogP contribution in [0, 0.1) is 0 Å². The fraction of sp³-hybridized carbons (Fsp3) is 0.143. The van der Waals surface area contributed by atoms with Crippen LogP contribution in [-0.4, -0.2) is 32.7 Å². The average molecular weight is 313 g/mol. The summed E-state index contributed by atoms with van der Waals surface area (Å²) in [5.41, 5.74) is 1.05. The summed E-state index contributed by atoms with van der Waals surface area (Å²) in [5.74, 6) is 1.02. The summed E-state index contributed by atoms with van der Waals surface area (Å²) in [6, 6.07) is 6.63. The van der Waals surface area contributed by atoms with Gasteiger partial charge in [0.25, 0.3) is 11.8 Å². The molecule has 9 nitrogen and oxygen atoms in total. The van der Waals surface area contributed by atoms with Crippen molar-refractivity contribution >= 4 is 11.9 Å². The molecule has 3 heterocycles. The molecule has 23 heavy (non-hydrogen) atoms. The van der Waals surface area contributed by atoms with Crippen molar-refractivity contribution in [1.82, 2.24) is 20.0 Å². The Morgan fingerprint density at radius 3 is 2.91 bits per heavy atom. The number of carbonyl (C=O) groups excluding carboxylic acids is 1. The quantitative estimate of drug-likeness (QED) is 0.780. The van der Waals surface area contributed by atoms with Gasteiger partial charge >= 0.3 is 6.01 Å². The van der Waals surface area contributed by atoms with Crippen molar-refractivity contribution in [2.24, 2.45) is 7.05 Å². The second kappa shape index (κ2) is 5.13. The first-order valence-electron chi connectivity index (χ1n) is 6.73. The largest absolute Gasteiger partial charge is 0.454 e. The van der Waals surface area contributed by atoms with Crippen LogP contribution in [-0.2, 0) is 7.05 Å². The van der Waals surface area contributed by atoms with Crippen molar-refractivity contribution in [1.29, 1.82) is 0 Å². The molecule has 116 valence electrons. The van der Waals surface area contributed by atoms with Crippen molar-refractivity contribution in [2.75, 3.05) is 12.1 Å². The number of fused-ring (bicyclic) bond motifs is 1. The van der Waals surface area contributed by atoms with Gasteiger partial charge in [-0.15, -0.1) is 5.10 Å². The zero-order valence-corrected chi connectivity index (χ0v) is 12.0. The molecule has 0 unspecified atom stereocenters. The highest BCUT2D eigenvalue weighted by Crippen LogP contribution is 2.32. The van der Waals surface area contributed by atoms with Crippen LogP contribution in [0.2, 0.25) is 0 Å². The molecule has 3 aromatic rings. The lowest BCUT2D eigenvalue weighted by Crippen LogP contribution is -2.12. The van der Waals surface area contributed by atoms with Gasteiger partial charge in [-0.1, -0.05) is 5.10 Å². The summed E-state index contributed by atoms with van der Waals surface area (Å²) in [4.78, 5) is 12.2. The fourth-order valence-corrected chi connectivity index (χ4v) is 2.17. The Kier molecular flexibility index (Phi) is 2.97. The van der Waals surface area contributed by atoms with Crippen LogP contribution in [0.1, 0.15) is 10.4 Å². The number of aromatic nitrogens is 4. The van der Waals surface area contributed by atoms with Gasteiger partial charge in [-0.25, -0.2) is 0 Å². The standard InChI is InChI=1S/C14H11N5O4/c1-19-9(4-5-15-19)13-17-18-14(23-13)16-12(20)8-2-3-10-11(6-8)22-7-21-10/h2-6H,7H2,1H3,(H,16,18,20). The smallest absolute Gasteiger partial charge is 0.322 e. The number of aryl methyl sites for hydroxylation is 1. The topological polar surface area (TPSA) is 104 Å². The first-order chi connectivity index (χ1) is 11.2. The van der Waals surface area contributed by atoms with Gasteiger partial charge in [0.2, 0.25) is 6.79 Å². The molecule has 1 aromatic carbocycles. The van der Waals surface area contributed by atoms with Gasteiger partial charge in [0.15, 0.2) is 11.5 Å². The van der Waals surface area contributed by atoms with E-state index in [-0.39, 0.29) is 24.6 Å². The Morgan fingerprint density at radius 1 is 1.22 bits per heavy atom. The lowest BCUT2D eigenvalue weighted by molar-refractivity contribution is 0.102. The van der Waals surface area contributed by atoms with Gasteiger partial charge in [0.1, 0.15) is 5.69 Å². The van der Waals surface area contributed by atoms with Gasteiger partial charge in [-0.2, -0.15) is 5.10 Å². The molecular weight excluding hydrogens is 302 g/mol. The van der Waals surface area contributed by atoms with E-state index in [1.807, 2.05) is 0 Å². The molecule has 0 fully saturated rings. The molecule has 0 radical (unpaired) electrons. The monoisotopic (exact) mass is 313 g/mol. The van der Waals surface area contributed by atoms with E-state index >= 15 is 0 Å². The summed E-state index contributed by atoms with van der Waals surface area (Å²) in [7, 11) is 1.75. The minimum absolute atomic E-state index is 0.00358. The minimum atomic E-state index is -0.386. The zero-order valence-electron chi connectivity index (χ0n) is 12.0. The fourth-order valence-electron chi connectivity index (χ4n) is 2.17. The van der Waals surface area contributed by atoms with E-state index in [2.05, 4.69) is 20.6 Å². The minimum Gasteiger partial charge on any atom is -0.454 e. The van der Waals surface area contributed by atoms with Crippen LogP contribution in [0.25, 0.3) is 11.6 Å². The van der Waals surface area contributed by atoms with Crippen molar-refractivity contribution in [3.63, 3.8) is 0 Å². The molecule has 0 spiro atoms. The van der Waals surface area contributed by atoms with Gasteiger partial charge in [0.05, 0.1) is 0 Å². The van der Waals surface area contributed by atoms with Crippen LogP contribution in [0.15, 0.2) is 34.9 Å². The normalized spacial score (nSPS) is 12.4. The van der Waals surface area contributed by atoms with Gasteiger partial charge in [-0.3, -0.25) is 14.8 Å². The SMILES string of the molecule is Cn1nccc1-c1nnc(NC(=O)c2ccc3c(c2)OCO3)o1. The molecule has 0 saturated heterocycles. The van der Waals surface area contributed by atoms with E-state index in [0.717, 1.165) is 0 Å². The highest BCUT2D eigenvalue weighted by molar-refractivity contribution is 6.03. The molecule has 1 aliphatic heterocycles. The Bertz CT molecular complexity index is 885. The number of hydrogen-bond acceptors (Lipinski definition) is 7. The summed E-state index contributed by atoms with van der Waals surface area (Å²) in [5, 5.41) is 14.3. The first kappa shape index (κ1) is 13.3. The third kappa shape index (κ3) is 2.37. The number of nitrogens with zero attached hydrogens (tertiary/aromatic N) is 4. The van der Waals surface area contributed by atoms with Crippen LogP contribution in [0.5, 0.6) is 11.5 Å². The van der Waals surface area contributed by atoms with Crippen LogP contribution in [0.4, 0.5) is 6.01 Å². The van der Waals surface area contributed by atoms with Crippen LogP contribution < -0.4 is 14.8 Å². The number of nitrogens with one attached hydrogen (secondary N) is 1. The molecule has 0 saturated carbocycles. The lowest BCUT2D eigenvalue weighted by atomic mass is 10.2. The third-order valence-electron chi connectivity index (χ3n) is 3.32. The van der Waals surface area contributed by atoms with E-state index in [4.69, 9.17) is 13.9 Å². The molecule has 9 heteroatoms. The first-order valence-corrected chi connectivity index (χ1v) is 6.73. The maximum absolute atomic E-state index is 12.2. The lowest BCUT2D eigenvalue weighted by Gasteiger charge is -2.02. The van der Waals surface area contributed by atoms with Crippen LogP contribution in [0.3, 0.4) is 0 Å². The maximum Gasteiger partial charge on any atom is 0.322 e. The summed E-state index contributed by atoms with van der Waals surface area (Å²) in [6.45, 7) is 0.151. The van der Waals surface area contributed by atoms with E-state index in [1.165, 1.54) is 0 Å². The van der Waals surface area contributed by atoms with Crippen molar-refractivity contribution < 1.29 is 18.7 Å². The Labute approximate surface area is 129 Å². The van der Waals surface area contributed by atoms with Gasteiger partial charge in [-0.05, 0) is 24.3 Å². The molecule has 0 bridgehead atoms. The van der Waals surface area contributed by atoms with Crippen molar-refractivity contribution in [2.45, 2.75) is 0 Å². The van der Waals surface area contributed by atoms with E-state index < -0.39 is 0 Å². The Morgan fingerprint density at radius 2 is 2.09 bits per heavy atom. The predicted octanol–water partition coefficient (Wildman–Crippen LogP) is 1.45. The van der Waals surface area contributed by atoms with E-state index in [0.29, 0.717) is 22.8 Å². The summed E-state index contributed by atoms with van der Waals surface area (Å²) in [6.07, 6.45) is 1.62. The molecule has 1 amide bonds. The number of hydrogen-bond donors (Lipinski definition) is 1. The Balaban J connectivity index is 1.53. The van der Waals surface area contributed by atoms with Crippen molar-refractivity contribution in [3.05, 3.63) is 36.0 Å². The molecule has 2 aromatic heterocycles. The third-order valence-corrected chi connectivity index (χ3v) is 3.32. The highest BCUT2D eigenvalue weighted by Gasteiger charge is 2.18. The molecule has 0 atom stereocenters. The second-order valence-corrected chi connectivity index (χ2v) is 4.77. The van der Waals surface area contributed by atoms with E-state index in [9.17, 15) is 4.79 Å². The highest BCUT2D eigenvalue weighted by atomic mass is 16.7. The van der Waals surface area contributed by atoms with Crippen LogP contribution >= 0.6 is 0 Å². The zero-order chi connectivity index (χ0) is 15.8. The molecule has 1 N–H and O–H groups in total. The van der Waals surface area contributed by atoms with Gasteiger partial charge < -0.3 is 13.9 Å².